The van der Waals surface area contributed by atoms with Crippen LogP contribution in [0, 0.1) is 6.92 Å². The minimum atomic E-state index is -0.560. The number of amides is 1. The van der Waals surface area contributed by atoms with Gasteiger partial charge in [0.25, 0.3) is 5.56 Å². The molecule has 3 aromatic carbocycles. The van der Waals surface area contributed by atoms with E-state index in [1.165, 1.54) is 11.8 Å². The van der Waals surface area contributed by atoms with Crippen LogP contribution in [0.5, 0.6) is 0 Å². The summed E-state index contributed by atoms with van der Waals surface area (Å²) in [7, 11) is 0. The highest BCUT2D eigenvalue weighted by molar-refractivity contribution is 8.00. The maximum absolute atomic E-state index is 13.3. The van der Waals surface area contributed by atoms with Crippen LogP contribution in [0.25, 0.3) is 10.9 Å². The van der Waals surface area contributed by atoms with E-state index in [-0.39, 0.29) is 11.5 Å². The summed E-state index contributed by atoms with van der Waals surface area (Å²) in [4.78, 5) is 30.9. The number of nitrogens with one attached hydrogen (secondary N) is 1. The van der Waals surface area contributed by atoms with E-state index in [9.17, 15) is 9.59 Å². The molecule has 0 saturated carbocycles. The molecule has 0 bridgehead atoms. The normalized spacial score (nSPS) is 12.0. The van der Waals surface area contributed by atoms with Crippen molar-refractivity contribution in [3.8, 4) is 0 Å². The van der Waals surface area contributed by atoms with E-state index in [2.05, 4.69) is 5.32 Å². The molecule has 0 spiro atoms. The molecule has 0 radical (unpaired) electrons. The summed E-state index contributed by atoms with van der Waals surface area (Å²) in [5, 5.41) is 3.94. The van der Waals surface area contributed by atoms with Crippen molar-refractivity contribution in [3.05, 3.63) is 98.3 Å². The van der Waals surface area contributed by atoms with Gasteiger partial charge in [0.2, 0.25) is 5.91 Å². The van der Waals surface area contributed by atoms with Gasteiger partial charge in [-0.1, -0.05) is 83.0 Å². The summed E-state index contributed by atoms with van der Waals surface area (Å²) in [5.74, 6) is -0.292. The number of para-hydroxylation sites is 2. The molecule has 1 heterocycles. The van der Waals surface area contributed by atoms with Gasteiger partial charge in [-0.3, -0.25) is 14.2 Å². The number of nitrogens with zero attached hydrogens (tertiary/aromatic N) is 2. The van der Waals surface area contributed by atoms with Crippen molar-refractivity contribution in [2.75, 3.05) is 5.32 Å². The molecule has 1 N–H and O–H groups in total. The van der Waals surface area contributed by atoms with Crippen molar-refractivity contribution in [1.29, 1.82) is 0 Å². The van der Waals surface area contributed by atoms with Crippen molar-refractivity contribution in [1.82, 2.24) is 9.55 Å². The Labute approximate surface area is 205 Å². The number of thioether (sulfide) groups is 1. The van der Waals surface area contributed by atoms with Crippen LogP contribution in [0.4, 0.5) is 5.69 Å². The fourth-order valence-electron chi connectivity index (χ4n) is 3.31. The molecule has 4 rings (SSSR count). The third-order valence-electron chi connectivity index (χ3n) is 5.15. The van der Waals surface area contributed by atoms with Crippen LogP contribution in [-0.2, 0) is 11.3 Å². The second-order valence-corrected chi connectivity index (χ2v) is 9.76. The van der Waals surface area contributed by atoms with Crippen molar-refractivity contribution < 1.29 is 4.79 Å². The molecular formula is C25H21Cl2N3O2S. The largest absolute Gasteiger partial charge is 0.323 e. The molecule has 1 amide bonds. The lowest BCUT2D eigenvalue weighted by atomic mass is 10.1. The first-order valence-corrected chi connectivity index (χ1v) is 11.9. The van der Waals surface area contributed by atoms with E-state index < -0.39 is 5.25 Å². The molecule has 33 heavy (non-hydrogen) atoms. The summed E-state index contributed by atoms with van der Waals surface area (Å²) >= 11 is 13.6. The lowest BCUT2D eigenvalue weighted by molar-refractivity contribution is -0.115. The van der Waals surface area contributed by atoms with E-state index in [0.717, 1.165) is 11.1 Å². The molecule has 1 aromatic heterocycles. The molecule has 5 nitrogen and oxygen atoms in total. The van der Waals surface area contributed by atoms with Crippen molar-refractivity contribution in [2.45, 2.75) is 30.8 Å². The number of aromatic nitrogens is 2. The third kappa shape index (κ3) is 5.24. The number of halogens is 2. The number of anilines is 1. The number of carbonyl (C=O) groups excluding carboxylic acids is 1. The zero-order chi connectivity index (χ0) is 23.5. The van der Waals surface area contributed by atoms with Gasteiger partial charge in [0.1, 0.15) is 0 Å². The SMILES string of the molecule is Cc1ccc(Cn2c(SC(C)C(=O)Nc3c(Cl)cccc3Cl)nc3ccccc3c2=O)cc1. The second-order valence-electron chi connectivity index (χ2n) is 7.63. The van der Waals surface area contributed by atoms with Gasteiger partial charge in [0, 0.05) is 0 Å². The lowest BCUT2D eigenvalue weighted by Gasteiger charge is -2.17. The van der Waals surface area contributed by atoms with Gasteiger partial charge >= 0.3 is 0 Å². The maximum Gasteiger partial charge on any atom is 0.262 e. The Bertz CT molecular complexity index is 1370. The number of fused-ring (bicyclic) bond motifs is 1. The Morgan fingerprint density at radius 2 is 1.70 bits per heavy atom. The third-order valence-corrected chi connectivity index (χ3v) is 6.87. The first-order chi connectivity index (χ1) is 15.8. The molecule has 0 aliphatic rings. The van der Waals surface area contributed by atoms with E-state index in [0.29, 0.717) is 38.3 Å². The Balaban J connectivity index is 1.67. The van der Waals surface area contributed by atoms with Gasteiger partial charge < -0.3 is 5.32 Å². The van der Waals surface area contributed by atoms with Crippen molar-refractivity contribution in [3.63, 3.8) is 0 Å². The second kappa shape index (κ2) is 10.00. The zero-order valence-electron chi connectivity index (χ0n) is 18.0. The number of aryl methyl sites for hydroxylation is 1. The predicted molar refractivity (Wildman–Crippen MR) is 137 cm³/mol. The number of hydrogen-bond acceptors (Lipinski definition) is 4. The van der Waals surface area contributed by atoms with Gasteiger partial charge in [-0.25, -0.2) is 4.98 Å². The standard InChI is InChI=1S/C25H21Cl2N3O2S/c1-15-10-12-17(13-11-15)14-30-24(32)18-6-3-4-9-21(18)28-25(30)33-16(2)23(31)29-22-19(26)7-5-8-20(22)27/h3-13,16H,14H2,1-2H3,(H,29,31). The average molecular weight is 498 g/mol. The molecule has 1 atom stereocenters. The van der Waals surface area contributed by atoms with Gasteiger partial charge in [0.15, 0.2) is 5.16 Å². The van der Waals surface area contributed by atoms with Crippen LogP contribution in [0.3, 0.4) is 0 Å². The van der Waals surface area contributed by atoms with Crippen LogP contribution in [0.2, 0.25) is 10.0 Å². The average Bonchev–Trinajstić information content (AvgIpc) is 2.80. The highest BCUT2D eigenvalue weighted by Crippen LogP contribution is 2.31. The Morgan fingerprint density at radius 1 is 1.03 bits per heavy atom. The first kappa shape index (κ1) is 23.4. The summed E-state index contributed by atoms with van der Waals surface area (Å²) in [5.41, 5.74) is 2.92. The highest BCUT2D eigenvalue weighted by Gasteiger charge is 2.21. The van der Waals surface area contributed by atoms with Crippen LogP contribution in [-0.4, -0.2) is 20.7 Å². The van der Waals surface area contributed by atoms with Crippen LogP contribution < -0.4 is 10.9 Å². The van der Waals surface area contributed by atoms with E-state index in [4.69, 9.17) is 28.2 Å². The van der Waals surface area contributed by atoms with Gasteiger partial charge in [-0.2, -0.15) is 0 Å². The molecule has 168 valence electrons. The van der Waals surface area contributed by atoms with E-state index >= 15 is 0 Å². The monoisotopic (exact) mass is 497 g/mol. The van der Waals surface area contributed by atoms with Gasteiger partial charge in [0.05, 0.1) is 38.4 Å². The molecule has 0 aliphatic carbocycles. The summed E-state index contributed by atoms with van der Waals surface area (Å²) in [6.45, 7) is 4.12. The Kier molecular flexibility index (Phi) is 7.08. The fraction of sp³-hybridized carbons (Fsp3) is 0.160. The maximum atomic E-state index is 13.3. The number of carbonyl (C=O) groups is 1. The number of hydrogen-bond donors (Lipinski definition) is 1. The summed E-state index contributed by atoms with van der Waals surface area (Å²) < 4.78 is 1.62. The summed E-state index contributed by atoms with van der Waals surface area (Å²) in [6.07, 6.45) is 0. The minimum Gasteiger partial charge on any atom is -0.323 e. The zero-order valence-corrected chi connectivity index (χ0v) is 20.3. The van der Waals surface area contributed by atoms with Gasteiger partial charge in [-0.05, 0) is 43.7 Å². The minimum absolute atomic E-state index is 0.148. The smallest absolute Gasteiger partial charge is 0.262 e. The first-order valence-electron chi connectivity index (χ1n) is 10.3. The van der Waals surface area contributed by atoms with E-state index in [1.807, 2.05) is 43.3 Å². The molecular weight excluding hydrogens is 477 g/mol. The molecule has 4 aromatic rings. The summed E-state index contributed by atoms with van der Waals surface area (Å²) in [6, 6.07) is 20.2. The van der Waals surface area contributed by atoms with Gasteiger partial charge in [-0.15, -0.1) is 0 Å². The highest BCUT2D eigenvalue weighted by atomic mass is 35.5. The van der Waals surface area contributed by atoms with Crippen molar-refractivity contribution >= 4 is 57.5 Å². The van der Waals surface area contributed by atoms with E-state index in [1.54, 1.807) is 41.8 Å². The Morgan fingerprint density at radius 3 is 2.39 bits per heavy atom. The molecule has 0 fully saturated rings. The molecule has 8 heteroatoms. The Hall–Kier alpha value is -2.80. The molecule has 1 unspecified atom stereocenters. The van der Waals surface area contributed by atoms with Crippen LogP contribution in [0.15, 0.2) is 76.7 Å². The fourth-order valence-corrected chi connectivity index (χ4v) is 4.71. The van der Waals surface area contributed by atoms with Crippen LogP contribution in [0.1, 0.15) is 18.1 Å². The number of benzene rings is 3. The number of rotatable bonds is 6. The van der Waals surface area contributed by atoms with Crippen LogP contribution >= 0.6 is 35.0 Å². The lowest BCUT2D eigenvalue weighted by Crippen LogP contribution is -2.27. The predicted octanol–water partition coefficient (Wildman–Crippen LogP) is 6.18. The molecule has 0 aliphatic heterocycles. The topological polar surface area (TPSA) is 64.0 Å². The van der Waals surface area contributed by atoms with Crippen molar-refractivity contribution in [2.24, 2.45) is 0 Å². The quantitative estimate of drug-likeness (QED) is 0.255. The molecule has 0 saturated heterocycles.